The van der Waals surface area contributed by atoms with Gasteiger partial charge in [-0.05, 0) is 36.6 Å². The summed E-state index contributed by atoms with van der Waals surface area (Å²) in [5, 5.41) is 2.21. The second-order valence-corrected chi connectivity index (χ2v) is 4.87. The van der Waals surface area contributed by atoms with Gasteiger partial charge in [0.05, 0.1) is 16.7 Å². The molecule has 1 aromatic rings. The fourth-order valence-corrected chi connectivity index (χ4v) is 2.08. The smallest absolute Gasteiger partial charge is 0.352 e. The van der Waals surface area contributed by atoms with E-state index in [1.54, 1.807) is 0 Å². The molecule has 0 heterocycles. The van der Waals surface area contributed by atoms with Crippen molar-refractivity contribution >= 4 is 6.03 Å². The van der Waals surface area contributed by atoms with Crippen LogP contribution in [0.1, 0.15) is 29.5 Å². The summed E-state index contributed by atoms with van der Waals surface area (Å²) >= 11 is 0. The fourth-order valence-electron chi connectivity index (χ4n) is 2.08. The highest BCUT2D eigenvalue weighted by Gasteiger charge is 2.48. The summed E-state index contributed by atoms with van der Waals surface area (Å²) in [6.45, 7) is 0. The molecule has 1 aromatic carbocycles. The van der Waals surface area contributed by atoms with Gasteiger partial charge in [-0.25, -0.2) is 4.79 Å². The third-order valence-electron chi connectivity index (χ3n) is 3.25. The predicted octanol–water partition coefficient (Wildman–Crippen LogP) is 3.38. The minimum atomic E-state index is -4.92. The van der Waals surface area contributed by atoms with E-state index in [9.17, 15) is 31.1 Å². The Labute approximate surface area is 115 Å². The maximum Gasteiger partial charge on any atom is 0.416 e. The van der Waals surface area contributed by atoms with Gasteiger partial charge in [-0.15, -0.1) is 0 Å². The summed E-state index contributed by atoms with van der Waals surface area (Å²) in [5.74, 6) is 0. The first-order chi connectivity index (χ1) is 9.44. The number of hydrogen-bond donors (Lipinski definition) is 2. The van der Waals surface area contributed by atoms with Crippen LogP contribution in [0.3, 0.4) is 0 Å². The van der Waals surface area contributed by atoms with Gasteiger partial charge in [0.25, 0.3) is 0 Å². The van der Waals surface area contributed by atoms with E-state index in [4.69, 9.17) is 5.73 Å². The molecule has 0 spiro atoms. The van der Waals surface area contributed by atoms with Crippen molar-refractivity contribution in [1.29, 1.82) is 0 Å². The minimum absolute atomic E-state index is 0.0455. The highest BCUT2D eigenvalue weighted by atomic mass is 19.4. The number of benzene rings is 1. The molecule has 0 aromatic heterocycles. The van der Waals surface area contributed by atoms with E-state index >= 15 is 0 Å². The monoisotopic (exact) mass is 312 g/mol. The van der Waals surface area contributed by atoms with Gasteiger partial charge >= 0.3 is 18.4 Å². The van der Waals surface area contributed by atoms with Crippen LogP contribution >= 0.6 is 0 Å². The van der Waals surface area contributed by atoms with Crippen molar-refractivity contribution in [2.24, 2.45) is 5.73 Å². The number of alkyl halides is 6. The molecule has 3 nitrogen and oxygen atoms in total. The molecule has 1 saturated carbocycles. The Bertz CT molecular complexity index is 542. The van der Waals surface area contributed by atoms with E-state index in [2.05, 4.69) is 5.32 Å². The van der Waals surface area contributed by atoms with Gasteiger partial charge in [0.15, 0.2) is 0 Å². The average molecular weight is 312 g/mol. The van der Waals surface area contributed by atoms with Crippen LogP contribution in [-0.2, 0) is 17.9 Å². The number of rotatable bonds is 2. The normalized spacial score (nSPS) is 17.4. The van der Waals surface area contributed by atoms with Gasteiger partial charge in [-0.3, -0.25) is 0 Å². The molecule has 3 N–H and O–H groups in total. The SMILES string of the molecule is NC(=O)NC1(c2cc(C(F)(F)F)cc(C(F)(F)F)c2)CC1. The van der Waals surface area contributed by atoms with E-state index < -0.39 is 35.0 Å². The van der Waals surface area contributed by atoms with Gasteiger partial charge in [-0.2, -0.15) is 26.3 Å². The van der Waals surface area contributed by atoms with Gasteiger partial charge in [0.2, 0.25) is 0 Å². The molecule has 21 heavy (non-hydrogen) atoms. The lowest BCUT2D eigenvalue weighted by Crippen LogP contribution is -2.39. The molecule has 2 rings (SSSR count). The summed E-state index contributed by atoms with van der Waals surface area (Å²) in [6.07, 6.45) is -9.37. The number of nitrogens with two attached hydrogens (primary N) is 1. The molecule has 1 fully saturated rings. The van der Waals surface area contributed by atoms with Gasteiger partial charge < -0.3 is 11.1 Å². The predicted molar refractivity (Wildman–Crippen MR) is 60.1 cm³/mol. The third kappa shape index (κ3) is 3.22. The third-order valence-corrected chi connectivity index (χ3v) is 3.25. The number of carbonyl (C=O) groups excluding carboxylic acids is 1. The number of urea groups is 1. The number of halogens is 6. The van der Waals surface area contributed by atoms with E-state index in [0.29, 0.717) is 12.1 Å². The number of amides is 2. The van der Waals surface area contributed by atoms with Crippen molar-refractivity contribution in [3.8, 4) is 0 Å². The zero-order valence-corrected chi connectivity index (χ0v) is 10.4. The van der Waals surface area contributed by atoms with Crippen molar-refractivity contribution in [2.75, 3.05) is 0 Å². The molecule has 0 aliphatic heterocycles. The van der Waals surface area contributed by atoms with Crippen molar-refractivity contribution in [3.63, 3.8) is 0 Å². The van der Waals surface area contributed by atoms with Crippen molar-refractivity contribution in [1.82, 2.24) is 5.32 Å². The molecule has 0 saturated heterocycles. The van der Waals surface area contributed by atoms with Crippen LogP contribution in [0.5, 0.6) is 0 Å². The highest BCUT2D eigenvalue weighted by Crippen LogP contribution is 2.48. The fraction of sp³-hybridized carbons (Fsp3) is 0.417. The van der Waals surface area contributed by atoms with Crippen LogP contribution in [0, 0.1) is 0 Å². The molecule has 1 aliphatic carbocycles. The lowest BCUT2D eigenvalue weighted by molar-refractivity contribution is -0.143. The molecule has 1 aliphatic rings. The first kappa shape index (κ1) is 15.5. The molecular formula is C12H10F6N2O. The largest absolute Gasteiger partial charge is 0.416 e. The van der Waals surface area contributed by atoms with Crippen molar-refractivity contribution in [3.05, 3.63) is 34.9 Å². The standard InChI is InChI=1S/C12H10F6N2O/c13-11(14,15)7-3-6(4-8(5-7)12(16,17)18)10(1-2-10)20-9(19)21/h3-5H,1-2H2,(H3,19,20,21). The lowest BCUT2D eigenvalue weighted by atomic mass is 9.98. The minimum Gasteiger partial charge on any atom is -0.352 e. The van der Waals surface area contributed by atoms with Crippen LogP contribution in [0.25, 0.3) is 0 Å². The quantitative estimate of drug-likeness (QED) is 0.808. The van der Waals surface area contributed by atoms with Crippen LogP contribution in [-0.4, -0.2) is 6.03 Å². The summed E-state index contributed by atoms with van der Waals surface area (Å²) in [4.78, 5) is 10.9. The Balaban J connectivity index is 2.54. The highest BCUT2D eigenvalue weighted by molar-refractivity contribution is 5.73. The van der Waals surface area contributed by atoms with Gasteiger partial charge in [-0.1, -0.05) is 0 Å². The lowest BCUT2D eigenvalue weighted by Gasteiger charge is -2.20. The number of hydrogen-bond acceptors (Lipinski definition) is 1. The summed E-state index contributed by atoms with van der Waals surface area (Å²) in [5.41, 5.74) is 0.595. The van der Waals surface area contributed by atoms with E-state index in [-0.39, 0.29) is 24.5 Å². The Morgan fingerprint density at radius 2 is 1.43 bits per heavy atom. The van der Waals surface area contributed by atoms with Gasteiger partial charge in [0.1, 0.15) is 0 Å². The Morgan fingerprint density at radius 3 is 1.71 bits per heavy atom. The molecular weight excluding hydrogens is 302 g/mol. The zero-order chi connectivity index (χ0) is 16.1. The van der Waals surface area contributed by atoms with E-state index in [1.165, 1.54) is 0 Å². The molecule has 9 heteroatoms. The molecule has 0 radical (unpaired) electrons. The average Bonchev–Trinajstić information content (AvgIpc) is 3.06. The number of carbonyl (C=O) groups is 1. The zero-order valence-electron chi connectivity index (χ0n) is 10.4. The van der Waals surface area contributed by atoms with Crippen LogP contribution in [0.2, 0.25) is 0 Å². The molecule has 116 valence electrons. The summed E-state index contributed by atoms with van der Waals surface area (Å²) in [7, 11) is 0. The first-order valence-corrected chi connectivity index (χ1v) is 5.82. The topological polar surface area (TPSA) is 55.1 Å². The van der Waals surface area contributed by atoms with Crippen LogP contribution < -0.4 is 11.1 Å². The Kier molecular flexibility index (Phi) is 3.34. The summed E-state index contributed by atoms with van der Waals surface area (Å²) in [6, 6.07) is 0.263. The van der Waals surface area contributed by atoms with Crippen molar-refractivity contribution < 1.29 is 31.1 Å². The maximum absolute atomic E-state index is 12.7. The Hall–Kier alpha value is -1.93. The van der Waals surface area contributed by atoms with E-state index in [0.717, 1.165) is 0 Å². The van der Waals surface area contributed by atoms with Crippen LogP contribution in [0.15, 0.2) is 18.2 Å². The second-order valence-electron chi connectivity index (χ2n) is 4.87. The van der Waals surface area contributed by atoms with Crippen LogP contribution in [0.4, 0.5) is 31.1 Å². The van der Waals surface area contributed by atoms with E-state index in [1.807, 2.05) is 0 Å². The first-order valence-electron chi connectivity index (χ1n) is 5.82. The molecule has 0 unspecified atom stereocenters. The Morgan fingerprint density at radius 1 is 1.00 bits per heavy atom. The summed E-state index contributed by atoms with van der Waals surface area (Å²) < 4.78 is 76.4. The maximum atomic E-state index is 12.7. The molecule has 2 amide bonds. The number of nitrogens with one attached hydrogen (secondary N) is 1. The van der Waals surface area contributed by atoms with Crippen molar-refractivity contribution in [2.45, 2.75) is 30.7 Å². The number of primary amides is 1. The molecule has 0 bridgehead atoms. The molecule has 0 atom stereocenters. The van der Waals surface area contributed by atoms with Gasteiger partial charge in [0, 0.05) is 0 Å². The second kappa shape index (κ2) is 4.54.